The first-order valence-electron chi connectivity index (χ1n) is 9.61. The quantitative estimate of drug-likeness (QED) is 0.847. The molecule has 1 aromatic carbocycles. The fourth-order valence-corrected chi connectivity index (χ4v) is 4.79. The van der Waals surface area contributed by atoms with E-state index < -0.39 is 0 Å². The van der Waals surface area contributed by atoms with Gasteiger partial charge in [-0.2, -0.15) is 0 Å². The van der Waals surface area contributed by atoms with Crippen LogP contribution in [0.5, 0.6) is 0 Å². The molecule has 1 saturated carbocycles. The SMILES string of the molecule is O=C1CN(C(=O)C2(N3CCCC3)CCCC2)CCN1c1ccccc1. The monoisotopic (exact) mass is 341 g/mol. The van der Waals surface area contributed by atoms with Crippen molar-refractivity contribution < 1.29 is 9.59 Å². The molecule has 2 saturated heterocycles. The molecule has 0 radical (unpaired) electrons. The molecule has 0 unspecified atom stereocenters. The van der Waals surface area contributed by atoms with Crippen LogP contribution in [0.1, 0.15) is 38.5 Å². The Balaban J connectivity index is 1.49. The first-order chi connectivity index (χ1) is 12.2. The summed E-state index contributed by atoms with van der Waals surface area (Å²) < 4.78 is 0. The van der Waals surface area contributed by atoms with Crippen LogP contribution in [0.2, 0.25) is 0 Å². The van der Waals surface area contributed by atoms with E-state index in [2.05, 4.69) is 4.90 Å². The molecule has 1 aromatic rings. The van der Waals surface area contributed by atoms with E-state index in [1.54, 1.807) is 4.90 Å². The number of nitrogens with zero attached hydrogens (tertiary/aromatic N) is 3. The predicted octanol–water partition coefficient (Wildman–Crippen LogP) is 2.27. The second kappa shape index (κ2) is 6.79. The fraction of sp³-hybridized carbons (Fsp3) is 0.600. The van der Waals surface area contributed by atoms with Gasteiger partial charge < -0.3 is 9.80 Å². The van der Waals surface area contributed by atoms with Gasteiger partial charge in [-0.25, -0.2) is 0 Å². The molecule has 5 heteroatoms. The van der Waals surface area contributed by atoms with E-state index in [4.69, 9.17) is 0 Å². The smallest absolute Gasteiger partial charge is 0.246 e. The molecule has 1 aliphatic carbocycles. The Morgan fingerprint density at radius 2 is 1.56 bits per heavy atom. The van der Waals surface area contributed by atoms with Crippen LogP contribution in [0.15, 0.2) is 30.3 Å². The van der Waals surface area contributed by atoms with E-state index in [1.165, 1.54) is 12.8 Å². The van der Waals surface area contributed by atoms with Gasteiger partial charge in [-0.3, -0.25) is 14.5 Å². The van der Waals surface area contributed by atoms with Crippen LogP contribution < -0.4 is 4.90 Å². The number of likely N-dealkylation sites (tertiary alicyclic amines) is 1. The largest absolute Gasteiger partial charge is 0.330 e. The van der Waals surface area contributed by atoms with E-state index in [0.717, 1.165) is 44.5 Å². The molecule has 134 valence electrons. The summed E-state index contributed by atoms with van der Waals surface area (Å²) in [6, 6.07) is 9.76. The third-order valence-corrected chi connectivity index (χ3v) is 6.12. The van der Waals surface area contributed by atoms with Crippen LogP contribution in [0.3, 0.4) is 0 Å². The standard InChI is InChI=1S/C20H27N3O2/c24-18-16-21(14-15-23(18)17-8-2-1-3-9-17)19(25)20(10-4-5-11-20)22-12-6-7-13-22/h1-3,8-9H,4-7,10-16H2. The van der Waals surface area contributed by atoms with E-state index >= 15 is 0 Å². The summed E-state index contributed by atoms with van der Waals surface area (Å²) in [7, 11) is 0. The molecular weight excluding hydrogens is 314 g/mol. The Kier molecular flexibility index (Phi) is 4.50. The summed E-state index contributed by atoms with van der Waals surface area (Å²) >= 11 is 0. The normalized spacial score (nSPS) is 24.1. The lowest BCUT2D eigenvalue weighted by Crippen LogP contribution is -2.62. The third kappa shape index (κ3) is 2.95. The molecule has 0 atom stereocenters. The van der Waals surface area contributed by atoms with Crippen molar-refractivity contribution in [1.29, 1.82) is 0 Å². The Morgan fingerprint density at radius 1 is 0.880 bits per heavy atom. The van der Waals surface area contributed by atoms with Gasteiger partial charge in [0.05, 0.1) is 0 Å². The average molecular weight is 341 g/mol. The van der Waals surface area contributed by atoms with Crippen molar-refractivity contribution in [2.24, 2.45) is 0 Å². The van der Waals surface area contributed by atoms with Crippen molar-refractivity contribution in [3.63, 3.8) is 0 Å². The minimum absolute atomic E-state index is 0.0281. The highest BCUT2D eigenvalue weighted by molar-refractivity contribution is 5.99. The van der Waals surface area contributed by atoms with Gasteiger partial charge in [0.2, 0.25) is 11.8 Å². The molecule has 0 bridgehead atoms. The highest BCUT2D eigenvalue weighted by Crippen LogP contribution is 2.39. The number of carbonyl (C=O) groups excluding carboxylic acids is 2. The van der Waals surface area contributed by atoms with E-state index in [0.29, 0.717) is 13.1 Å². The number of anilines is 1. The second-order valence-corrected chi connectivity index (χ2v) is 7.54. The molecule has 2 heterocycles. The topological polar surface area (TPSA) is 43.9 Å². The predicted molar refractivity (Wildman–Crippen MR) is 97.4 cm³/mol. The number of piperazine rings is 1. The summed E-state index contributed by atoms with van der Waals surface area (Å²) in [5, 5.41) is 0. The maximum absolute atomic E-state index is 13.4. The molecule has 0 spiro atoms. The van der Waals surface area contributed by atoms with E-state index in [-0.39, 0.29) is 23.9 Å². The van der Waals surface area contributed by atoms with E-state index in [9.17, 15) is 9.59 Å². The maximum atomic E-state index is 13.4. The van der Waals surface area contributed by atoms with Crippen LogP contribution in [0, 0.1) is 0 Å². The second-order valence-electron chi connectivity index (χ2n) is 7.54. The van der Waals surface area contributed by atoms with Crippen molar-refractivity contribution in [3.8, 4) is 0 Å². The van der Waals surface area contributed by atoms with Crippen molar-refractivity contribution in [1.82, 2.24) is 9.80 Å². The molecule has 0 N–H and O–H groups in total. The van der Waals surface area contributed by atoms with Gasteiger partial charge in [-0.1, -0.05) is 31.0 Å². The molecule has 2 amide bonds. The average Bonchev–Trinajstić information content (AvgIpc) is 3.34. The Labute approximate surface area is 149 Å². The number of hydrogen-bond donors (Lipinski definition) is 0. The fourth-order valence-electron chi connectivity index (χ4n) is 4.79. The van der Waals surface area contributed by atoms with Gasteiger partial charge in [0, 0.05) is 18.8 Å². The third-order valence-electron chi connectivity index (χ3n) is 6.12. The number of carbonyl (C=O) groups is 2. The Morgan fingerprint density at radius 3 is 2.20 bits per heavy atom. The summed E-state index contributed by atoms with van der Waals surface area (Å²) in [5.74, 6) is 0.230. The van der Waals surface area contributed by atoms with Crippen LogP contribution in [0.25, 0.3) is 0 Å². The van der Waals surface area contributed by atoms with Gasteiger partial charge in [0.25, 0.3) is 0 Å². The zero-order chi connectivity index (χ0) is 17.3. The van der Waals surface area contributed by atoms with Crippen molar-refractivity contribution in [3.05, 3.63) is 30.3 Å². The zero-order valence-corrected chi connectivity index (χ0v) is 14.8. The molecule has 4 rings (SSSR count). The summed E-state index contributed by atoms with van der Waals surface area (Å²) in [6.45, 7) is 3.50. The molecule has 25 heavy (non-hydrogen) atoms. The summed E-state index contributed by atoms with van der Waals surface area (Å²) in [4.78, 5) is 32.1. The molecular formula is C20H27N3O2. The molecule has 3 fully saturated rings. The highest BCUT2D eigenvalue weighted by atomic mass is 16.2. The number of hydrogen-bond acceptors (Lipinski definition) is 3. The van der Waals surface area contributed by atoms with Crippen LogP contribution >= 0.6 is 0 Å². The van der Waals surface area contributed by atoms with Crippen LogP contribution in [-0.4, -0.2) is 59.9 Å². The molecule has 2 aliphatic heterocycles. The Hall–Kier alpha value is -1.88. The van der Waals surface area contributed by atoms with Crippen molar-refractivity contribution >= 4 is 17.5 Å². The lowest BCUT2D eigenvalue weighted by atomic mass is 9.92. The molecule has 3 aliphatic rings. The van der Waals surface area contributed by atoms with Gasteiger partial charge in [-0.05, 0) is 50.9 Å². The van der Waals surface area contributed by atoms with E-state index in [1.807, 2.05) is 35.2 Å². The van der Waals surface area contributed by atoms with Crippen LogP contribution in [0.4, 0.5) is 5.69 Å². The number of amides is 2. The maximum Gasteiger partial charge on any atom is 0.246 e. The minimum atomic E-state index is -0.328. The highest BCUT2D eigenvalue weighted by Gasteiger charge is 2.49. The number of benzene rings is 1. The molecule has 0 aromatic heterocycles. The Bertz CT molecular complexity index is 634. The first kappa shape index (κ1) is 16.6. The summed E-state index contributed by atoms with van der Waals surface area (Å²) in [6.07, 6.45) is 6.55. The summed E-state index contributed by atoms with van der Waals surface area (Å²) in [5.41, 5.74) is 0.598. The van der Waals surface area contributed by atoms with Crippen molar-refractivity contribution in [2.45, 2.75) is 44.1 Å². The molecule has 5 nitrogen and oxygen atoms in total. The van der Waals surface area contributed by atoms with Gasteiger partial charge >= 0.3 is 0 Å². The lowest BCUT2D eigenvalue weighted by Gasteiger charge is -2.43. The first-order valence-corrected chi connectivity index (χ1v) is 9.61. The van der Waals surface area contributed by atoms with Crippen LogP contribution in [-0.2, 0) is 9.59 Å². The number of para-hydroxylation sites is 1. The number of rotatable bonds is 3. The van der Waals surface area contributed by atoms with Gasteiger partial charge in [-0.15, -0.1) is 0 Å². The van der Waals surface area contributed by atoms with Crippen molar-refractivity contribution in [2.75, 3.05) is 37.6 Å². The van der Waals surface area contributed by atoms with Gasteiger partial charge in [0.1, 0.15) is 12.1 Å². The van der Waals surface area contributed by atoms with Gasteiger partial charge in [0.15, 0.2) is 0 Å². The zero-order valence-electron chi connectivity index (χ0n) is 14.8. The minimum Gasteiger partial charge on any atom is -0.330 e. The lowest BCUT2D eigenvalue weighted by molar-refractivity contribution is -0.147.